The largest absolute Gasteiger partial charge is 0.384 e. The van der Waals surface area contributed by atoms with E-state index in [0.29, 0.717) is 6.54 Å². The lowest BCUT2D eigenvalue weighted by Gasteiger charge is -2.25. The van der Waals surface area contributed by atoms with Crippen molar-refractivity contribution in [2.75, 3.05) is 17.2 Å². The Morgan fingerprint density at radius 2 is 2.20 bits per heavy atom. The molecule has 0 saturated heterocycles. The van der Waals surface area contributed by atoms with E-state index in [2.05, 4.69) is 27.8 Å². The minimum absolute atomic E-state index is 0.0432. The molecular formula is C16H17N3O. The third-order valence-electron chi connectivity index (χ3n) is 3.56. The lowest BCUT2D eigenvalue weighted by molar-refractivity contribution is -0.119. The molecule has 4 nitrogen and oxygen atoms in total. The fourth-order valence-electron chi connectivity index (χ4n) is 2.49. The van der Waals surface area contributed by atoms with Crippen molar-refractivity contribution in [3.8, 4) is 0 Å². The van der Waals surface area contributed by atoms with Crippen LogP contribution in [0.5, 0.6) is 0 Å². The van der Waals surface area contributed by atoms with Gasteiger partial charge in [-0.3, -0.25) is 9.78 Å². The number of nitrogens with zero attached hydrogens (tertiary/aromatic N) is 1. The molecule has 0 bridgehead atoms. The van der Waals surface area contributed by atoms with Crippen LogP contribution in [0, 0.1) is 12.8 Å². The number of hydrogen-bond acceptors (Lipinski definition) is 3. The zero-order valence-electron chi connectivity index (χ0n) is 11.4. The molecule has 2 N–H and O–H groups in total. The number of nitrogens with one attached hydrogen (secondary N) is 2. The van der Waals surface area contributed by atoms with E-state index in [4.69, 9.17) is 0 Å². The predicted molar refractivity (Wildman–Crippen MR) is 79.7 cm³/mol. The number of benzene rings is 1. The van der Waals surface area contributed by atoms with Crippen LogP contribution in [0.1, 0.15) is 11.3 Å². The molecule has 2 heterocycles. The number of anilines is 2. The molecule has 2 aromatic rings. The highest BCUT2D eigenvalue weighted by Crippen LogP contribution is 2.25. The normalized spacial score (nSPS) is 16.9. The van der Waals surface area contributed by atoms with Gasteiger partial charge in [0.25, 0.3) is 0 Å². The van der Waals surface area contributed by atoms with Gasteiger partial charge in [-0.2, -0.15) is 0 Å². The summed E-state index contributed by atoms with van der Waals surface area (Å²) in [6, 6.07) is 11.8. The van der Waals surface area contributed by atoms with Crippen LogP contribution in [0.25, 0.3) is 0 Å². The van der Waals surface area contributed by atoms with Gasteiger partial charge in [-0.25, -0.2) is 0 Å². The number of para-hydroxylation sites is 1. The van der Waals surface area contributed by atoms with Gasteiger partial charge in [0.1, 0.15) is 0 Å². The number of aromatic nitrogens is 1. The quantitative estimate of drug-likeness (QED) is 0.879. The molecule has 1 aliphatic rings. The number of fused-ring (bicyclic) bond motifs is 1. The molecular weight excluding hydrogens is 250 g/mol. The maximum atomic E-state index is 12.3. The molecule has 1 aromatic heterocycles. The van der Waals surface area contributed by atoms with Crippen LogP contribution in [-0.2, 0) is 11.2 Å². The molecule has 1 amide bonds. The van der Waals surface area contributed by atoms with Crippen LogP contribution in [0.2, 0.25) is 0 Å². The van der Waals surface area contributed by atoms with Gasteiger partial charge in [0.2, 0.25) is 5.91 Å². The predicted octanol–water partition coefficient (Wildman–Crippen LogP) is 2.61. The highest BCUT2D eigenvalue weighted by Gasteiger charge is 2.24. The SMILES string of the molecule is Cc1cc(NC(=O)C2CNc3ccccc3C2)ccn1. The highest BCUT2D eigenvalue weighted by atomic mass is 16.1. The fraction of sp³-hybridized carbons (Fsp3) is 0.250. The number of rotatable bonds is 2. The first-order valence-corrected chi connectivity index (χ1v) is 6.77. The summed E-state index contributed by atoms with van der Waals surface area (Å²) < 4.78 is 0. The van der Waals surface area contributed by atoms with Gasteiger partial charge in [0.05, 0.1) is 5.92 Å². The Hall–Kier alpha value is -2.36. The van der Waals surface area contributed by atoms with E-state index >= 15 is 0 Å². The van der Waals surface area contributed by atoms with Crippen molar-refractivity contribution in [1.29, 1.82) is 0 Å². The van der Waals surface area contributed by atoms with Crippen LogP contribution in [0.15, 0.2) is 42.6 Å². The number of pyridine rings is 1. The third kappa shape index (κ3) is 2.64. The molecule has 4 heteroatoms. The molecule has 102 valence electrons. The Morgan fingerprint density at radius 3 is 3.05 bits per heavy atom. The van der Waals surface area contributed by atoms with E-state index in [1.54, 1.807) is 6.20 Å². The van der Waals surface area contributed by atoms with Crippen molar-refractivity contribution in [3.63, 3.8) is 0 Å². The molecule has 3 rings (SSSR count). The summed E-state index contributed by atoms with van der Waals surface area (Å²) in [5, 5.41) is 6.28. The summed E-state index contributed by atoms with van der Waals surface area (Å²) in [7, 11) is 0. The minimum atomic E-state index is -0.0432. The summed E-state index contributed by atoms with van der Waals surface area (Å²) in [4.78, 5) is 16.4. The van der Waals surface area contributed by atoms with Crippen molar-refractivity contribution >= 4 is 17.3 Å². The Kier molecular flexibility index (Phi) is 3.37. The first-order valence-electron chi connectivity index (χ1n) is 6.77. The van der Waals surface area contributed by atoms with Crippen LogP contribution >= 0.6 is 0 Å². The van der Waals surface area contributed by atoms with Crippen molar-refractivity contribution in [2.45, 2.75) is 13.3 Å². The molecule has 1 atom stereocenters. The summed E-state index contributed by atoms with van der Waals surface area (Å²) in [6.07, 6.45) is 2.48. The molecule has 1 aromatic carbocycles. The van der Waals surface area contributed by atoms with E-state index in [9.17, 15) is 4.79 Å². The number of aryl methyl sites for hydroxylation is 1. The Balaban J connectivity index is 1.70. The van der Waals surface area contributed by atoms with Gasteiger partial charge in [0.15, 0.2) is 0 Å². The van der Waals surface area contributed by atoms with E-state index in [0.717, 1.165) is 23.5 Å². The Labute approximate surface area is 118 Å². The third-order valence-corrected chi connectivity index (χ3v) is 3.56. The summed E-state index contributed by atoms with van der Waals surface area (Å²) >= 11 is 0. The average Bonchev–Trinajstić information content (AvgIpc) is 2.47. The summed E-state index contributed by atoms with van der Waals surface area (Å²) in [6.45, 7) is 2.58. The van der Waals surface area contributed by atoms with E-state index in [1.807, 2.05) is 31.2 Å². The second-order valence-electron chi connectivity index (χ2n) is 5.11. The fourth-order valence-corrected chi connectivity index (χ4v) is 2.49. The van der Waals surface area contributed by atoms with Crippen LogP contribution in [0.4, 0.5) is 11.4 Å². The van der Waals surface area contributed by atoms with Gasteiger partial charge in [-0.05, 0) is 37.1 Å². The van der Waals surface area contributed by atoms with Gasteiger partial charge >= 0.3 is 0 Å². The zero-order valence-corrected chi connectivity index (χ0v) is 11.4. The molecule has 0 radical (unpaired) electrons. The van der Waals surface area contributed by atoms with Gasteiger partial charge in [-0.1, -0.05) is 18.2 Å². The molecule has 0 saturated carbocycles. The lowest BCUT2D eigenvalue weighted by atomic mass is 9.93. The molecule has 1 unspecified atom stereocenters. The maximum absolute atomic E-state index is 12.3. The van der Waals surface area contributed by atoms with Crippen LogP contribution in [-0.4, -0.2) is 17.4 Å². The van der Waals surface area contributed by atoms with Gasteiger partial charge < -0.3 is 10.6 Å². The standard InChI is InChI=1S/C16H17N3O/c1-11-8-14(6-7-17-11)19-16(20)13-9-12-4-2-3-5-15(12)18-10-13/h2-8,13,18H,9-10H2,1H3,(H,17,19,20). The minimum Gasteiger partial charge on any atom is -0.384 e. The Bertz CT molecular complexity index is 639. The zero-order chi connectivity index (χ0) is 13.9. The monoisotopic (exact) mass is 267 g/mol. The van der Waals surface area contributed by atoms with Crippen LogP contribution < -0.4 is 10.6 Å². The maximum Gasteiger partial charge on any atom is 0.229 e. The number of amides is 1. The average molecular weight is 267 g/mol. The molecule has 0 aliphatic carbocycles. The number of hydrogen-bond donors (Lipinski definition) is 2. The molecule has 1 aliphatic heterocycles. The lowest BCUT2D eigenvalue weighted by Crippen LogP contribution is -2.33. The van der Waals surface area contributed by atoms with Gasteiger partial charge in [-0.15, -0.1) is 0 Å². The molecule has 0 fully saturated rings. The highest BCUT2D eigenvalue weighted by molar-refractivity contribution is 5.93. The van der Waals surface area contributed by atoms with E-state index in [1.165, 1.54) is 5.56 Å². The van der Waals surface area contributed by atoms with Crippen LogP contribution in [0.3, 0.4) is 0 Å². The summed E-state index contributed by atoms with van der Waals surface area (Å²) in [5.74, 6) is 0.0102. The van der Waals surface area contributed by atoms with Gasteiger partial charge in [0, 0.05) is 29.8 Å². The molecule has 0 spiro atoms. The first-order chi connectivity index (χ1) is 9.72. The molecule has 20 heavy (non-hydrogen) atoms. The smallest absolute Gasteiger partial charge is 0.229 e. The van der Waals surface area contributed by atoms with Crippen molar-refractivity contribution < 1.29 is 4.79 Å². The number of carbonyl (C=O) groups is 1. The summed E-state index contributed by atoms with van der Waals surface area (Å²) in [5.41, 5.74) is 4.04. The topological polar surface area (TPSA) is 54.0 Å². The second kappa shape index (κ2) is 5.33. The number of carbonyl (C=O) groups excluding carboxylic acids is 1. The van der Waals surface area contributed by atoms with E-state index in [-0.39, 0.29) is 11.8 Å². The van der Waals surface area contributed by atoms with Crippen molar-refractivity contribution in [1.82, 2.24) is 4.98 Å². The Morgan fingerprint density at radius 1 is 1.35 bits per heavy atom. The second-order valence-corrected chi connectivity index (χ2v) is 5.11. The van der Waals surface area contributed by atoms with Crippen molar-refractivity contribution in [2.24, 2.45) is 5.92 Å². The van der Waals surface area contributed by atoms with Crippen molar-refractivity contribution in [3.05, 3.63) is 53.9 Å². The van der Waals surface area contributed by atoms with E-state index < -0.39 is 0 Å². The first kappa shape index (κ1) is 12.7.